The maximum atomic E-state index is 10.2. The molecule has 0 spiro atoms. The zero-order valence-electron chi connectivity index (χ0n) is 4.55. The number of esters is 1. The smallest absolute Gasteiger partial charge is 0.418 e. The van der Waals surface area contributed by atoms with Gasteiger partial charge in [-0.25, -0.2) is 4.79 Å². The summed E-state index contributed by atoms with van der Waals surface area (Å²) in [5, 5.41) is 0. The van der Waals surface area contributed by atoms with Crippen molar-refractivity contribution < 1.29 is 14.3 Å². The summed E-state index contributed by atoms with van der Waals surface area (Å²) in [7, 11) is 0. The van der Waals surface area contributed by atoms with Gasteiger partial charge in [-0.15, -0.1) is 0 Å². The maximum Gasteiger partial charge on any atom is 0.418 e. The van der Waals surface area contributed by atoms with Gasteiger partial charge in [0.2, 0.25) is 0 Å². The Labute approximate surface area is 46.7 Å². The molecule has 0 aliphatic carbocycles. The highest BCUT2D eigenvalue weighted by Crippen LogP contribution is 1.68. The molecule has 8 heavy (non-hydrogen) atoms. The second-order valence-electron chi connectivity index (χ2n) is 1.01. The predicted molar refractivity (Wildman–Crippen MR) is 25.7 cm³/mol. The molecule has 0 atom stereocenters. The lowest BCUT2D eigenvalue weighted by Gasteiger charge is -1.86. The fourth-order valence-electron chi connectivity index (χ4n) is 0.232. The van der Waals surface area contributed by atoms with Gasteiger partial charge in [0.05, 0.1) is 16.9 Å². The Bertz CT molecular complexity index is 126. The van der Waals surface area contributed by atoms with E-state index in [2.05, 4.69) is 9.53 Å². The first-order valence-electron chi connectivity index (χ1n) is 2.17. The quantitative estimate of drug-likeness (QED) is 0.235. The minimum absolute atomic E-state index is 0.324. The summed E-state index contributed by atoms with van der Waals surface area (Å²) in [4.78, 5) is 12.9. The minimum atomic E-state index is -0.567. The third-order valence-electron chi connectivity index (χ3n) is 0.457. The molecule has 0 aliphatic heterocycles. The topological polar surface area (TPSA) is 64.2 Å². The lowest BCUT2D eigenvalue weighted by atomic mass is 10.7. The summed E-state index contributed by atoms with van der Waals surface area (Å²) in [6.45, 7) is 2.01. The van der Waals surface area contributed by atoms with E-state index >= 15 is 0 Å². The van der Waals surface area contributed by atoms with Gasteiger partial charge in [-0.2, -0.15) is 0 Å². The van der Waals surface area contributed by atoms with Crippen molar-refractivity contribution in [1.82, 2.24) is 0 Å². The summed E-state index contributed by atoms with van der Waals surface area (Å²) in [5.41, 5.74) is 6.18. The van der Waals surface area contributed by atoms with Crippen molar-refractivity contribution in [1.29, 1.82) is 5.53 Å². The normalized spacial score (nSPS) is 7.12. The van der Waals surface area contributed by atoms with E-state index in [4.69, 9.17) is 5.53 Å². The maximum absolute atomic E-state index is 10.2. The highest BCUT2D eigenvalue weighted by Gasteiger charge is 2.00. The van der Waals surface area contributed by atoms with Gasteiger partial charge in [0.15, 0.2) is 0 Å². The minimum Gasteiger partial charge on any atom is -0.458 e. The molecule has 1 N–H and O–H groups in total. The van der Waals surface area contributed by atoms with E-state index in [1.165, 1.54) is 0 Å². The fraction of sp³-hybridized carbons (Fsp3) is 0.500. The van der Waals surface area contributed by atoms with Crippen LogP contribution in [-0.4, -0.2) is 23.6 Å². The predicted octanol–water partition coefficient (Wildman–Crippen LogP) is -0.141. The third-order valence-corrected chi connectivity index (χ3v) is 0.457. The van der Waals surface area contributed by atoms with Crippen LogP contribution in [0.2, 0.25) is 0 Å². The molecule has 0 aromatic rings. The molecule has 4 nitrogen and oxygen atoms in total. The zero-order valence-corrected chi connectivity index (χ0v) is 4.55. The van der Waals surface area contributed by atoms with Crippen molar-refractivity contribution >= 4 is 12.2 Å². The van der Waals surface area contributed by atoms with Gasteiger partial charge in [0.1, 0.15) is 0 Å². The third kappa shape index (κ3) is 3.06. The molecule has 0 bridgehead atoms. The number of carbonyl (C=O) groups is 1. The molecule has 0 radical (unpaired) electrons. The molecule has 0 fully saturated rings. The molecule has 0 rings (SSSR count). The van der Waals surface area contributed by atoms with E-state index in [-0.39, 0.29) is 0 Å². The van der Waals surface area contributed by atoms with Gasteiger partial charge in [-0.3, -0.25) is 0 Å². The summed E-state index contributed by atoms with van der Waals surface area (Å²) in [6, 6.07) is 0. The highest BCUT2D eigenvalue weighted by atomic mass is 16.5. The molecular weight excluding hydrogens is 108 g/mol. The lowest BCUT2D eigenvalue weighted by molar-refractivity contribution is -0.148. The van der Waals surface area contributed by atoms with E-state index in [1.54, 1.807) is 6.92 Å². The van der Waals surface area contributed by atoms with E-state index in [0.717, 1.165) is 6.21 Å². The van der Waals surface area contributed by atoms with Crippen LogP contribution in [0.4, 0.5) is 0 Å². The average Bonchev–Trinajstić information content (AvgIpc) is 1.68. The molecule has 0 unspecified atom stereocenters. The van der Waals surface area contributed by atoms with Crippen molar-refractivity contribution in [2.45, 2.75) is 6.92 Å². The molecule has 0 aliphatic rings. The van der Waals surface area contributed by atoms with Crippen molar-refractivity contribution in [2.24, 2.45) is 0 Å². The Morgan fingerprint density at radius 2 is 2.62 bits per heavy atom. The monoisotopic (exact) mass is 115 g/mol. The SMILES string of the molecule is CCOC(=O)C=[N+]=N. The molecule has 0 aromatic carbocycles. The van der Waals surface area contributed by atoms with Gasteiger partial charge in [0, 0.05) is 0 Å². The fourth-order valence-corrected chi connectivity index (χ4v) is 0.232. The standard InChI is InChI=1S/C4H7N2O2/c1-2-8-4(7)3-6-5/h3,5H,2H2,1H3/q+1. The van der Waals surface area contributed by atoms with Crippen molar-refractivity contribution in [3.63, 3.8) is 0 Å². The summed E-state index contributed by atoms with van der Waals surface area (Å²) >= 11 is 0. The van der Waals surface area contributed by atoms with Gasteiger partial charge in [-0.1, -0.05) is 0 Å². The van der Waals surface area contributed by atoms with Crippen LogP contribution in [0.25, 0.3) is 0 Å². The molecule has 0 heterocycles. The lowest BCUT2D eigenvalue weighted by Crippen LogP contribution is -2.04. The number of nitrogens with zero attached hydrogens (tertiary/aromatic N) is 1. The number of ether oxygens (including phenoxy) is 1. The van der Waals surface area contributed by atoms with Crippen LogP contribution in [-0.2, 0) is 9.53 Å². The van der Waals surface area contributed by atoms with E-state index in [9.17, 15) is 4.79 Å². The van der Waals surface area contributed by atoms with Crippen molar-refractivity contribution in [3.05, 3.63) is 0 Å². The first kappa shape index (κ1) is 6.85. The van der Waals surface area contributed by atoms with Gasteiger partial charge < -0.3 is 4.74 Å². The Kier molecular flexibility index (Phi) is 3.44. The summed E-state index contributed by atoms with van der Waals surface area (Å²) < 4.78 is 4.37. The number of rotatable bonds is 2. The Morgan fingerprint density at radius 3 is 3.00 bits per heavy atom. The highest BCUT2D eigenvalue weighted by molar-refractivity contribution is 6.20. The molecule has 0 aromatic heterocycles. The van der Waals surface area contributed by atoms with Crippen molar-refractivity contribution in [2.75, 3.05) is 6.61 Å². The van der Waals surface area contributed by atoms with Gasteiger partial charge >= 0.3 is 12.2 Å². The van der Waals surface area contributed by atoms with Crippen molar-refractivity contribution in [3.8, 4) is 0 Å². The van der Waals surface area contributed by atoms with Crippen LogP contribution in [0.15, 0.2) is 0 Å². The number of hydrogen-bond acceptors (Lipinski definition) is 3. The van der Waals surface area contributed by atoms with E-state index in [1.807, 2.05) is 0 Å². The zero-order chi connectivity index (χ0) is 6.41. The molecular formula is C4H7N2O2+. The Morgan fingerprint density at radius 1 is 2.00 bits per heavy atom. The summed E-state index contributed by atoms with van der Waals surface area (Å²) in [5.74, 6) is -0.567. The molecule has 0 amide bonds. The van der Waals surface area contributed by atoms with Crippen LogP contribution in [0.5, 0.6) is 0 Å². The molecule has 0 saturated heterocycles. The van der Waals surface area contributed by atoms with Gasteiger partial charge in [-0.05, 0) is 6.92 Å². The van der Waals surface area contributed by atoms with Gasteiger partial charge in [0.25, 0.3) is 0 Å². The number of hydrogen-bond donors (Lipinski definition) is 1. The number of carbonyl (C=O) groups excluding carboxylic acids is 1. The van der Waals surface area contributed by atoms with Crippen LogP contribution in [0, 0.1) is 5.53 Å². The Balaban J connectivity index is 3.49. The van der Waals surface area contributed by atoms with Crippen LogP contribution >= 0.6 is 0 Å². The van der Waals surface area contributed by atoms with Crippen LogP contribution in [0.1, 0.15) is 6.92 Å². The number of nitrogens with one attached hydrogen (secondary N) is 1. The second kappa shape index (κ2) is 4.02. The largest absolute Gasteiger partial charge is 0.458 e. The van der Waals surface area contributed by atoms with E-state index < -0.39 is 5.97 Å². The summed E-state index contributed by atoms with van der Waals surface area (Å²) in [6.07, 6.45) is 0.809. The molecule has 44 valence electrons. The first-order chi connectivity index (χ1) is 3.81. The molecule has 0 saturated carbocycles. The Hall–Kier alpha value is -1.15. The van der Waals surface area contributed by atoms with Crippen LogP contribution < -0.4 is 0 Å². The van der Waals surface area contributed by atoms with Crippen LogP contribution in [0.3, 0.4) is 0 Å². The first-order valence-corrected chi connectivity index (χ1v) is 2.17. The second-order valence-corrected chi connectivity index (χ2v) is 1.01. The van der Waals surface area contributed by atoms with E-state index in [0.29, 0.717) is 6.61 Å². The molecule has 4 heteroatoms. The average molecular weight is 115 g/mol.